The van der Waals surface area contributed by atoms with Gasteiger partial charge in [0.25, 0.3) is 0 Å². The number of carbonyl (C=O) groups is 2. The lowest BCUT2D eigenvalue weighted by atomic mass is 9.40. The molecule has 4 heteroatoms. The van der Waals surface area contributed by atoms with Crippen LogP contribution >= 0.6 is 0 Å². The zero-order valence-electron chi connectivity index (χ0n) is 18.5. The summed E-state index contributed by atoms with van der Waals surface area (Å²) in [5.74, 6) is 5.60. The smallest absolute Gasteiger partial charge is 0.337 e. The van der Waals surface area contributed by atoms with Gasteiger partial charge in [0.2, 0.25) is 0 Å². The van der Waals surface area contributed by atoms with E-state index in [0.29, 0.717) is 16.7 Å². The van der Waals surface area contributed by atoms with Gasteiger partial charge in [-0.1, -0.05) is 43.9 Å². The zero-order chi connectivity index (χ0) is 22.7. The maximum atomic E-state index is 11.6. The summed E-state index contributed by atoms with van der Waals surface area (Å²) >= 11 is 0. The summed E-state index contributed by atoms with van der Waals surface area (Å²) in [5.41, 5.74) is 2.79. The van der Waals surface area contributed by atoms with E-state index in [1.807, 2.05) is 12.1 Å². The third-order valence-electron chi connectivity index (χ3n) is 8.10. The second-order valence-electron chi connectivity index (χ2n) is 10.8. The fourth-order valence-corrected chi connectivity index (χ4v) is 7.73. The molecule has 32 heavy (non-hydrogen) atoms. The molecular weight excluding hydrogens is 400 g/mol. The largest absolute Gasteiger partial charge is 0.478 e. The Hall–Kier alpha value is -3.06. The number of hydrogen-bond donors (Lipinski definition) is 2. The molecule has 2 aromatic carbocycles. The molecule has 0 amide bonds. The molecule has 5 atom stereocenters. The molecule has 0 saturated heterocycles. The van der Waals surface area contributed by atoms with Crippen molar-refractivity contribution in [3.8, 4) is 11.8 Å². The average molecular weight is 429 g/mol. The first kappa shape index (κ1) is 20.8. The fraction of sp³-hybridized carbons (Fsp3) is 0.429. The molecule has 6 rings (SSSR count). The van der Waals surface area contributed by atoms with Crippen molar-refractivity contribution >= 4 is 11.9 Å². The minimum atomic E-state index is -1.29. The minimum absolute atomic E-state index is 0.211. The Morgan fingerprint density at radius 1 is 0.938 bits per heavy atom. The van der Waals surface area contributed by atoms with Crippen LogP contribution in [-0.2, 0) is 0 Å². The van der Waals surface area contributed by atoms with Crippen LogP contribution in [0.25, 0.3) is 0 Å². The first-order valence-corrected chi connectivity index (χ1v) is 11.4. The van der Waals surface area contributed by atoms with Crippen molar-refractivity contribution in [1.82, 2.24) is 0 Å². The summed E-state index contributed by atoms with van der Waals surface area (Å²) < 4.78 is 0. The molecule has 4 aliphatic rings. The highest BCUT2D eigenvalue weighted by atomic mass is 16.4. The van der Waals surface area contributed by atoms with Crippen LogP contribution in [0.1, 0.15) is 89.3 Å². The van der Waals surface area contributed by atoms with Crippen LogP contribution in [-0.4, -0.2) is 22.2 Å². The van der Waals surface area contributed by atoms with E-state index < -0.39 is 11.9 Å². The van der Waals surface area contributed by atoms with Crippen LogP contribution in [0.15, 0.2) is 42.5 Å². The molecular formula is C28H28O4. The van der Waals surface area contributed by atoms with Gasteiger partial charge in [-0.15, -0.1) is 0 Å². The molecule has 2 N–H and O–H groups in total. The van der Waals surface area contributed by atoms with Crippen molar-refractivity contribution in [2.24, 2.45) is 22.7 Å². The van der Waals surface area contributed by atoms with E-state index in [0.717, 1.165) is 17.4 Å². The van der Waals surface area contributed by atoms with E-state index in [-0.39, 0.29) is 16.7 Å². The van der Waals surface area contributed by atoms with Crippen LogP contribution in [0.2, 0.25) is 0 Å². The predicted molar refractivity (Wildman–Crippen MR) is 122 cm³/mol. The number of hydrogen-bond acceptors (Lipinski definition) is 2. The Labute approximate surface area is 188 Å². The van der Waals surface area contributed by atoms with E-state index in [2.05, 4.69) is 37.8 Å². The highest BCUT2D eigenvalue weighted by Crippen LogP contribution is 2.69. The lowest BCUT2D eigenvalue weighted by molar-refractivity contribution is -0.111. The lowest BCUT2D eigenvalue weighted by Crippen LogP contribution is -2.53. The predicted octanol–water partition coefficient (Wildman–Crippen LogP) is 5.80. The Kier molecular flexibility index (Phi) is 4.71. The summed E-state index contributed by atoms with van der Waals surface area (Å²) in [4.78, 5) is 23.0. The second kappa shape index (κ2) is 7.24. The standard InChI is InChI=1S/C28H28O4/c1-27-13-18-12-21(15-27)24(28(2,14-18)16-27)20-10-7-17(8-11-20)6-9-19-4-3-5-22(25(29)30)23(19)26(31)32/h3-5,7-8,10-11,18,21,24H,12-16H2,1-2H3,(H,29,30)(H,31,32). The third kappa shape index (κ3) is 3.41. The number of carboxylic acids is 2. The maximum Gasteiger partial charge on any atom is 0.337 e. The molecule has 4 nitrogen and oxygen atoms in total. The Morgan fingerprint density at radius 3 is 2.31 bits per heavy atom. The number of rotatable bonds is 3. The molecule has 4 fully saturated rings. The summed E-state index contributed by atoms with van der Waals surface area (Å²) in [6.45, 7) is 4.98. The molecule has 4 bridgehead atoms. The third-order valence-corrected chi connectivity index (χ3v) is 8.10. The average Bonchev–Trinajstić information content (AvgIpc) is 2.70. The van der Waals surface area contributed by atoms with Crippen LogP contribution in [0.4, 0.5) is 0 Å². The topological polar surface area (TPSA) is 74.6 Å². The molecule has 5 unspecified atom stereocenters. The van der Waals surface area contributed by atoms with Gasteiger partial charge < -0.3 is 10.2 Å². The second-order valence-corrected chi connectivity index (χ2v) is 10.8. The van der Waals surface area contributed by atoms with Gasteiger partial charge in [-0.2, -0.15) is 0 Å². The van der Waals surface area contributed by atoms with Crippen molar-refractivity contribution in [2.45, 2.75) is 51.9 Å². The van der Waals surface area contributed by atoms with E-state index in [4.69, 9.17) is 0 Å². The number of aromatic carboxylic acids is 2. The van der Waals surface area contributed by atoms with Crippen LogP contribution in [0, 0.1) is 34.5 Å². The first-order valence-electron chi connectivity index (χ1n) is 11.4. The van der Waals surface area contributed by atoms with Crippen molar-refractivity contribution in [2.75, 3.05) is 0 Å². The molecule has 0 aromatic heterocycles. The molecule has 4 saturated carbocycles. The van der Waals surface area contributed by atoms with E-state index in [1.165, 1.54) is 49.8 Å². The molecule has 0 aliphatic heterocycles. The Balaban J connectivity index is 1.42. The van der Waals surface area contributed by atoms with Crippen molar-refractivity contribution in [1.29, 1.82) is 0 Å². The number of benzene rings is 2. The van der Waals surface area contributed by atoms with Crippen molar-refractivity contribution in [3.63, 3.8) is 0 Å². The molecule has 0 spiro atoms. The van der Waals surface area contributed by atoms with Gasteiger partial charge in [-0.05, 0) is 90.5 Å². The molecule has 2 aromatic rings. The Morgan fingerprint density at radius 2 is 1.69 bits per heavy atom. The summed E-state index contributed by atoms with van der Waals surface area (Å²) in [7, 11) is 0. The molecule has 0 radical (unpaired) electrons. The van der Waals surface area contributed by atoms with Crippen molar-refractivity contribution < 1.29 is 19.8 Å². The lowest BCUT2D eigenvalue weighted by Gasteiger charge is -2.64. The highest BCUT2D eigenvalue weighted by molar-refractivity contribution is 6.03. The maximum absolute atomic E-state index is 11.6. The normalized spacial score (nSPS) is 32.2. The van der Waals surface area contributed by atoms with Gasteiger partial charge in [0.1, 0.15) is 0 Å². The van der Waals surface area contributed by atoms with Crippen LogP contribution in [0.3, 0.4) is 0 Å². The minimum Gasteiger partial charge on any atom is -0.478 e. The van der Waals surface area contributed by atoms with Gasteiger partial charge in [-0.3, -0.25) is 0 Å². The molecule has 164 valence electrons. The Bertz CT molecular complexity index is 1170. The van der Waals surface area contributed by atoms with Crippen LogP contribution < -0.4 is 0 Å². The molecule has 0 heterocycles. The van der Waals surface area contributed by atoms with E-state index in [9.17, 15) is 19.8 Å². The number of carboxylic acid groups (broad SMARTS) is 2. The van der Waals surface area contributed by atoms with Gasteiger partial charge in [0.05, 0.1) is 11.1 Å². The van der Waals surface area contributed by atoms with Gasteiger partial charge in [0, 0.05) is 11.1 Å². The first-order chi connectivity index (χ1) is 15.2. The molecule has 4 aliphatic carbocycles. The van der Waals surface area contributed by atoms with Gasteiger partial charge in [-0.25, -0.2) is 9.59 Å². The highest BCUT2D eigenvalue weighted by Gasteiger charge is 2.58. The fourth-order valence-electron chi connectivity index (χ4n) is 7.73. The summed E-state index contributed by atoms with van der Waals surface area (Å²) in [6, 6.07) is 12.8. The van der Waals surface area contributed by atoms with Crippen molar-refractivity contribution in [3.05, 3.63) is 70.3 Å². The SMILES string of the molecule is CC12CC3CC(C1)C(c1ccc(C#Cc4cccc(C(=O)O)c4C(=O)O)cc1)C(C)(C3)C2. The van der Waals surface area contributed by atoms with Crippen LogP contribution in [0.5, 0.6) is 0 Å². The quantitative estimate of drug-likeness (QED) is 0.606. The summed E-state index contributed by atoms with van der Waals surface area (Å²) in [5, 5.41) is 18.8. The summed E-state index contributed by atoms with van der Waals surface area (Å²) in [6.07, 6.45) is 6.75. The monoisotopic (exact) mass is 428 g/mol. The van der Waals surface area contributed by atoms with E-state index in [1.54, 1.807) is 6.07 Å². The zero-order valence-corrected chi connectivity index (χ0v) is 18.5. The van der Waals surface area contributed by atoms with Gasteiger partial charge >= 0.3 is 11.9 Å². The van der Waals surface area contributed by atoms with E-state index >= 15 is 0 Å². The van der Waals surface area contributed by atoms with Gasteiger partial charge in [0.15, 0.2) is 0 Å².